The third-order valence-electron chi connectivity index (χ3n) is 4.96. The standard InChI is InChI=1S/C18H25ClN8O3.Na/c1-3-4-5-7-26-15-12(23-17(19)24-15)16(29)27(18(26)30)9-6-8-25-10(2)22-11(13(25)20)14(21)28;/h3-9H2,1-2H3,(H5,20,21,23,24,28,29);/q;+1/p-1. The van der Waals surface area contributed by atoms with Gasteiger partial charge in [0.1, 0.15) is 11.6 Å². The van der Waals surface area contributed by atoms with Gasteiger partial charge in [-0.1, -0.05) is 31.4 Å². The molecule has 0 spiro atoms. The number of fused-ring (bicyclic) bond motifs is 1. The number of rotatable bonds is 9. The molecule has 3 aromatic heterocycles. The van der Waals surface area contributed by atoms with Gasteiger partial charge in [-0.3, -0.25) is 18.7 Å². The van der Waals surface area contributed by atoms with E-state index in [4.69, 9.17) is 23.1 Å². The fraction of sp³-hybridized carbons (Fsp3) is 0.500. The number of aromatic nitrogens is 6. The number of aryl methyl sites for hydroxylation is 2. The number of hydrogen-bond donors (Lipinski definition) is 2. The number of hydrogen-bond acceptors (Lipinski definition) is 6. The molecule has 11 nitrogen and oxygen atoms in total. The third-order valence-corrected chi connectivity index (χ3v) is 5.13. The number of carbonyl (C=O) groups excluding carboxylic acids is 1. The van der Waals surface area contributed by atoms with E-state index in [-0.39, 0.29) is 64.1 Å². The van der Waals surface area contributed by atoms with Crippen LogP contribution in [0.15, 0.2) is 9.59 Å². The van der Waals surface area contributed by atoms with Crippen LogP contribution in [0.3, 0.4) is 0 Å². The predicted octanol–water partition coefficient (Wildman–Crippen LogP) is -2.36. The molecule has 162 valence electrons. The number of nitrogen functional groups attached to an aromatic ring is 1. The van der Waals surface area contributed by atoms with Gasteiger partial charge in [-0.15, -0.1) is 0 Å². The van der Waals surface area contributed by atoms with Gasteiger partial charge in [0.05, 0.1) is 0 Å². The summed E-state index contributed by atoms with van der Waals surface area (Å²) in [6.07, 6.45) is 3.10. The molecule has 0 aromatic carbocycles. The van der Waals surface area contributed by atoms with Crippen molar-refractivity contribution in [3.05, 3.63) is 37.6 Å². The maximum Gasteiger partial charge on any atom is 1.00 e. The van der Waals surface area contributed by atoms with Crippen molar-refractivity contribution < 1.29 is 34.4 Å². The molecule has 0 radical (unpaired) electrons. The minimum absolute atomic E-state index is 0. The summed E-state index contributed by atoms with van der Waals surface area (Å²) in [5.74, 6) is -0.0270. The molecule has 31 heavy (non-hydrogen) atoms. The number of unbranched alkanes of at least 4 members (excludes halogenated alkanes) is 2. The quantitative estimate of drug-likeness (QED) is 0.206. The summed E-state index contributed by atoms with van der Waals surface area (Å²) in [7, 11) is 0. The van der Waals surface area contributed by atoms with Crippen LogP contribution >= 0.6 is 11.6 Å². The molecule has 0 aliphatic carbocycles. The molecule has 0 fully saturated rings. The molecule has 0 aliphatic rings. The SMILES string of the molecule is CCCCCn1c(=O)n(CCCn2c(C)nc(C(N)=O)c2N)c(=O)c2[n-]c(Cl)nc21.[Na+]. The van der Waals surface area contributed by atoms with E-state index in [2.05, 4.69) is 21.9 Å². The Labute approximate surface area is 205 Å². The summed E-state index contributed by atoms with van der Waals surface area (Å²) in [4.78, 5) is 49.3. The van der Waals surface area contributed by atoms with Crippen LogP contribution in [0.2, 0.25) is 5.28 Å². The number of halogens is 1. The molecule has 0 saturated carbocycles. The molecule has 0 atom stereocenters. The molecule has 3 aromatic rings. The Balaban J connectivity index is 0.00000341. The van der Waals surface area contributed by atoms with Crippen molar-refractivity contribution in [2.24, 2.45) is 5.73 Å². The summed E-state index contributed by atoms with van der Waals surface area (Å²) in [6, 6.07) is 0. The van der Waals surface area contributed by atoms with Crippen molar-refractivity contribution in [3.8, 4) is 0 Å². The van der Waals surface area contributed by atoms with Crippen molar-refractivity contribution in [3.63, 3.8) is 0 Å². The number of primary amides is 1. The van der Waals surface area contributed by atoms with E-state index in [0.29, 0.717) is 25.3 Å². The van der Waals surface area contributed by atoms with E-state index in [9.17, 15) is 14.4 Å². The first-order valence-electron chi connectivity index (χ1n) is 9.72. The topological polar surface area (TPSA) is 158 Å². The summed E-state index contributed by atoms with van der Waals surface area (Å²) in [5, 5.41) is -0.0655. The smallest absolute Gasteiger partial charge is 0.420 e. The molecule has 13 heteroatoms. The average molecular weight is 459 g/mol. The molecular formula is C18H24ClN8NaO3. The predicted molar refractivity (Wildman–Crippen MR) is 113 cm³/mol. The van der Waals surface area contributed by atoms with Gasteiger partial charge in [0.15, 0.2) is 5.69 Å². The maximum atomic E-state index is 13.0. The number of imidazole rings is 2. The van der Waals surface area contributed by atoms with Gasteiger partial charge in [0.2, 0.25) is 0 Å². The van der Waals surface area contributed by atoms with Gasteiger partial charge >= 0.3 is 35.2 Å². The van der Waals surface area contributed by atoms with Crippen LogP contribution in [0.1, 0.15) is 48.9 Å². The van der Waals surface area contributed by atoms with E-state index in [1.807, 2.05) is 0 Å². The van der Waals surface area contributed by atoms with Crippen LogP contribution in [0.4, 0.5) is 5.82 Å². The molecule has 1 amide bonds. The monoisotopic (exact) mass is 458 g/mol. The number of amides is 1. The number of anilines is 1. The second-order valence-electron chi connectivity index (χ2n) is 7.03. The first-order chi connectivity index (χ1) is 14.3. The molecule has 0 bridgehead atoms. The van der Waals surface area contributed by atoms with E-state index >= 15 is 0 Å². The van der Waals surface area contributed by atoms with Crippen molar-refractivity contribution >= 4 is 34.5 Å². The second-order valence-corrected chi connectivity index (χ2v) is 7.36. The Kier molecular flexibility index (Phi) is 8.52. The summed E-state index contributed by atoms with van der Waals surface area (Å²) in [6.45, 7) is 4.67. The Morgan fingerprint density at radius 1 is 1.06 bits per heavy atom. The van der Waals surface area contributed by atoms with Gasteiger partial charge in [0, 0.05) is 36.1 Å². The molecule has 3 rings (SSSR count). The van der Waals surface area contributed by atoms with Gasteiger partial charge in [-0.25, -0.2) is 9.78 Å². The summed E-state index contributed by atoms with van der Waals surface area (Å²) >= 11 is 5.89. The number of carbonyl (C=O) groups is 1. The Morgan fingerprint density at radius 2 is 1.71 bits per heavy atom. The fourth-order valence-corrected chi connectivity index (χ4v) is 3.61. The first-order valence-corrected chi connectivity index (χ1v) is 10.1. The normalized spacial score (nSPS) is 11.1. The minimum atomic E-state index is -0.711. The van der Waals surface area contributed by atoms with Gasteiger partial charge in [-0.2, -0.15) is 0 Å². The largest absolute Gasteiger partial charge is 1.00 e. The van der Waals surface area contributed by atoms with Gasteiger partial charge < -0.3 is 26.0 Å². The molecule has 0 unspecified atom stereocenters. The van der Waals surface area contributed by atoms with E-state index in [0.717, 1.165) is 23.8 Å². The van der Waals surface area contributed by atoms with Crippen LogP contribution < -0.4 is 57.3 Å². The second kappa shape index (κ2) is 10.5. The Hall–Kier alpha value is -2.08. The van der Waals surface area contributed by atoms with Crippen LogP contribution in [0, 0.1) is 6.92 Å². The van der Waals surface area contributed by atoms with Crippen molar-refractivity contribution in [1.29, 1.82) is 0 Å². The first kappa shape index (κ1) is 25.2. The minimum Gasteiger partial charge on any atom is -0.420 e. The fourth-order valence-electron chi connectivity index (χ4n) is 3.44. The van der Waals surface area contributed by atoms with Crippen molar-refractivity contribution in [2.75, 3.05) is 5.73 Å². The third kappa shape index (κ3) is 5.05. The molecular weight excluding hydrogens is 435 g/mol. The zero-order chi connectivity index (χ0) is 22.0. The van der Waals surface area contributed by atoms with Gasteiger partial charge in [0.25, 0.3) is 11.5 Å². The zero-order valence-corrected chi connectivity index (χ0v) is 20.6. The Morgan fingerprint density at radius 3 is 2.32 bits per heavy atom. The van der Waals surface area contributed by atoms with Crippen LogP contribution in [0.25, 0.3) is 11.2 Å². The maximum absolute atomic E-state index is 13.0. The van der Waals surface area contributed by atoms with Crippen molar-refractivity contribution in [1.82, 2.24) is 28.7 Å². The molecule has 0 aliphatic heterocycles. The number of nitrogens with two attached hydrogens (primary N) is 2. The summed E-state index contributed by atoms with van der Waals surface area (Å²) in [5.41, 5.74) is 10.5. The van der Waals surface area contributed by atoms with Gasteiger partial charge in [-0.05, 0) is 19.8 Å². The zero-order valence-electron chi connectivity index (χ0n) is 17.9. The summed E-state index contributed by atoms with van der Waals surface area (Å²) < 4.78 is 4.21. The Bertz CT molecular complexity index is 1210. The van der Waals surface area contributed by atoms with Crippen LogP contribution in [-0.2, 0) is 19.6 Å². The van der Waals surface area contributed by atoms with Crippen LogP contribution in [0.5, 0.6) is 0 Å². The van der Waals surface area contributed by atoms with E-state index in [1.54, 1.807) is 11.5 Å². The van der Waals surface area contributed by atoms with Crippen LogP contribution in [-0.4, -0.2) is 29.6 Å². The van der Waals surface area contributed by atoms with E-state index in [1.165, 1.54) is 4.57 Å². The van der Waals surface area contributed by atoms with Crippen molar-refractivity contribution in [2.45, 2.75) is 59.2 Å². The molecule has 4 N–H and O–H groups in total. The average Bonchev–Trinajstić information content (AvgIpc) is 3.21. The van der Waals surface area contributed by atoms with E-state index < -0.39 is 17.2 Å². The number of nitrogens with zero attached hydrogens (tertiary/aromatic N) is 6. The molecule has 3 heterocycles. The molecule has 0 saturated heterocycles.